The van der Waals surface area contributed by atoms with Crippen molar-refractivity contribution in [3.8, 4) is 0 Å². The van der Waals surface area contributed by atoms with Gasteiger partial charge in [0.25, 0.3) is 5.56 Å². The van der Waals surface area contributed by atoms with Gasteiger partial charge in [-0.1, -0.05) is 0 Å². The van der Waals surface area contributed by atoms with Gasteiger partial charge in [0.2, 0.25) is 5.95 Å². The van der Waals surface area contributed by atoms with Crippen molar-refractivity contribution in [2.75, 3.05) is 24.6 Å². The Morgan fingerprint density at radius 2 is 1.82 bits per heavy atom. The van der Waals surface area contributed by atoms with Crippen LogP contribution in [0.25, 0.3) is 22.3 Å². The summed E-state index contributed by atoms with van der Waals surface area (Å²) in [4.78, 5) is 45.6. The van der Waals surface area contributed by atoms with Gasteiger partial charge in [0.1, 0.15) is 30.2 Å². The van der Waals surface area contributed by atoms with Crippen molar-refractivity contribution >= 4 is 62.9 Å². The fourth-order valence-corrected chi connectivity index (χ4v) is 7.68. The fraction of sp³-hybridized carbons (Fsp3) is 0.500. The van der Waals surface area contributed by atoms with Crippen LogP contribution in [0.2, 0.25) is 0 Å². The zero-order valence-corrected chi connectivity index (χ0v) is 24.6. The maximum absolute atomic E-state index is 16.0. The molecule has 3 saturated heterocycles. The molecule has 0 spiro atoms. The molecule has 7 rings (SSSR count). The summed E-state index contributed by atoms with van der Waals surface area (Å²) in [5.41, 5.74) is 11.2. The third-order valence-electron chi connectivity index (χ3n) is 7.19. The van der Waals surface area contributed by atoms with Gasteiger partial charge in [0, 0.05) is 13.0 Å². The van der Waals surface area contributed by atoms with Crippen LogP contribution in [-0.2, 0) is 44.8 Å². The maximum Gasteiger partial charge on any atom is 0.336 e. The molecule has 3 aliphatic rings. The number of ether oxygens (including phenoxy) is 2. The van der Waals surface area contributed by atoms with E-state index in [9.17, 15) is 18.1 Å². The highest BCUT2D eigenvalue weighted by atomic mass is 32.5. The van der Waals surface area contributed by atoms with Crippen LogP contribution in [0, 0.1) is 0 Å². The molecule has 236 valence electrons. The van der Waals surface area contributed by atoms with Crippen LogP contribution in [-0.4, -0.2) is 96.1 Å². The molecule has 3 fully saturated rings. The van der Waals surface area contributed by atoms with Crippen molar-refractivity contribution in [2.45, 2.75) is 49.5 Å². The number of nitrogens with zero attached hydrogens (tertiary/aromatic N) is 7. The van der Waals surface area contributed by atoms with Gasteiger partial charge < -0.3 is 30.4 Å². The van der Waals surface area contributed by atoms with Crippen LogP contribution in [0.4, 0.5) is 16.2 Å². The highest BCUT2D eigenvalue weighted by Crippen LogP contribution is 2.50. The van der Waals surface area contributed by atoms with Gasteiger partial charge in [-0.3, -0.25) is 23.4 Å². The molecule has 3 aliphatic heterocycles. The molecule has 7 heterocycles. The quantitative estimate of drug-likeness (QED) is 0.151. The molecular formula is C20H23FN11O9PS2. The summed E-state index contributed by atoms with van der Waals surface area (Å²) in [6, 6.07) is 0. The van der Waals surface area contributed by atoms with E-state index in [1.54, 1.807) is 0 Å². The standard InChI is InChI=1S/C20H23FN11O9PS2/c21-10-13-9(39-19(10)31-5-26-11-14(22)24-4-25-15(11)31)2-28-44(35,36)41-8-1-7(3-37-42(34,43)40-13)38-18(8)32-6-27-12-16(32)29-20(23)30-17(12)33/h4-10,13,18-19,28H,1-3H2,(H,34,43)(H2,22,24,25)(H3,23,29,30,33)/t7-,8+,9+,10+,13+,18-,19+,42?/m0/s1. The monoisotopic (exact) mass is 675 g/mol. The minimum Gasteiger partial charge on any atom is -0.382 e. The number of rotatable bonds is 2. The molecule has 1 unspecified atom stereocenters. The van der Waals surface area contributed by atoms with E-state index in [0.717, 1.165) is 6.33 Å². The van der Waals surface area contributed by atoms with Gasteiger partial charge in [-0.25, -0.2) is 28.5 Å². The number of hydrogen-bond acceptors (Lipinski definition) is 16. The Hall–Kier alpha value is -3.25. The van der Waals surface area contributed by atoms with E-state index in [1.165, 1.54) is 21.8 Å². The third-order valence-corrected chi connectivity index (χ3v) is 9.77. The van der Waals surface area contributed by atoms with Gasteiger partial charge in [-0.15, -0.1) is 0 Å². The molecule has 0 radical (unpaired) electrons. The SMILES string of the molecule is Nc1nc2c(ncn2[C@H]2O[C@@H]3COP(O)(=S)O[C@H]4[C@@H](F)[C@H](n5cnc6c(N)ncnc65)O[C@@H]4CNS(=O)(=O)O[C@@H]2C3)c(=O)[nH]1. The first kappa shape index (κ1) is 29.5. The second-order valence-electron chi connectivity index (χ2n) is 10.0. The molecule has 4 aromatic heterocycles. The van der Waals surface area contributed by atoms with E-state index >= 15 is 4.39 Å². The Kier molecular flexibility index (Phi) is 7.15. The number of imidazole rings is 2. The van der Waals surface area contributed by atoms with Crippen LogP contribution >= 0.6 is 6.72 Å². The van der Waals surface area contributed by atoms with Gasteiger partial charge in [-0.2, -0.15) is 18.1 Å². The van der Waals surface area contributed by atoms with Crippen LogP contribution in [0.5, 0.6) is 0 Å². The minimum atomic E-state index is -4.56. The van der Waals surface area contributed by atoms with Crippen molar-refractivity contribution in [3.05, 3.63) is 29.3 Å². The Labute approximate surface area is 250 Å². The van der Waals surface area contributed by atoms with Crippen molar-refractivity contribution < 1.29 is 40.4 Å². The van der Waals surface area contributed by atoms with Gasteiger partial charge >= 0.3 is 17.0 Å². The number of aromatic nitrogens is 8. The van der Waals surface area contributed by atoms with E-state index < -0.39 is 72.2 Å². The second-order valence-corrected chi connectivity index (χ2v) is 14.2. The van der Waals surface area contributed by atoms with Crippen LogP contribution in [0.3, 0.4) is 0 Å². The van der Waals surface area contributed by atoms with E-state index in [1.807, 2.05) is 0 Å². The van der Waals surface area contributed by atoms with Crippen LogP contribution in [0.15, 0.2) is 23.8 Å². The van der Waals surface area contributed by atoms with Crippen LogP contribution in [0.1, 0.15) is 18.9 Å². The Balaban J connectivity index is 1.19. The molecular weight excluding hydrogens is 652 g/mol. The summed E-state index contributed by atoms with van der Waals surface area (Å²) >= 11 is 5.17. The average molecular weight is 676 g/mol. The average Bonchev–Trinajstić information content (AvgIpc) is 3.72. The maximum atomic E-state index is 16.0. The molecule has 2 bridgehead atoms. The van der Waals surface area contributed by atoms with Crippen molar-refractivity contribution in [1.82, 2.24) is 43.8 Å². The molecule has 0 amide bonds. The summed E-state index contributed by atoms with van der Waals surface area (Å²) in [7, 11) is -4.56. The highest BCUT2D eigenvalue weighted by Gasteiger charge is 2.51. The van der Waals surface area contributed by atoms with Crippen molar-refractivity contribution in [3.63, 3.8) is 0 Å². The summed E-state index contributed by atoms with van der Waals surface area (Å²) in [6.07, 6.45) is -6.10. The zero-order valence-electron chi connectivity index (χ0n) is 22.0. The lowest BCUT2D eigenvalue weighted by Crippen LogP contribution is -2.42. The third kappa shape index (κ3) is 5.23. The number of aromatic amines is 1. The number of alkyl halides is 1. The second kappa shape index (κ2) is 10.7. The topological polar surface area (TPSA) is 272 Å². The number of fused-ring (bicyclic) bond motifs is 5. The number of halogens is 1. The molecule has 20 nitrogen and oxygen atoms in total. The first-order valence-electron chi connectivity index (χ1n) is 12.8. The summed E-state index contributed by atoms with van der Waals surface area (Å²) in [5, 5.41) is 0. The predicted octanol–water partition coefficient (Wildman–Crippen LogP) is -1.50. The molecule has 0 saturated carbocycles. The van der Waals surface area contributed by atoms with Crippen molar-refractivity contribution in [2.24, 2.45) is 0 Å². The summed E-state index contributed by atoms with van der Waals surface area (Å²) in [6.45, 7) is -5.11. The Bertz CT molecular complexity index is 1980. The van der Waals surface area contributed by atoms with Crippen LogP contribution < -0.4 is 21.7 Å². The number of nitrogens with two attached hydrogens (primary N) is 2. The lowest BCUT2D eigenvalue weighted by atomic mass is 10.1. The van der Waals surface area contributed by atoms with Gasteiger partial charge in [0.15, 0.2) is 41.3 Å². The Morgan fingerprint density at radius 3 is 2.61 bits per heavy atom. The molecule has 24 heteroatoms. The first-order valence-corrected chi connectivity index (χ1v) is 16.8. The molecule has 8 atom stereocenters. The molecule has 4 aromatic rings. The molecule has 0 aromatic carbocycles. The number of hydrogen-bond donors (Lipinski definition) is 5. The normalized spacial score (nSPS) is 34.4. The van der Waals surface area contributed by atoms with E-state index in [2.05, 4.69) is 34.6 Å². The number of H-pyrrole nitrogens is 1. The number of anilines is 2. The lowest BCUT2D eigenvalue weighted by molar-refractivity contribution is -0.0454. The lowest BCUT2D eigenvalue weighted by Gasteiger charge is -2.26. The minimum absolute atomic E-state index is 0.00905. The largest absolute Gasteiger partial charge is 0.382 e. The summed E-state index contributed by atoms with van der Waals surface area (Å²) in [5.74, 6) is -0.153. The van der Waals surface area contributed by atoms with Gasteiger partial charge in [-0.05, 0) is 11.8 Å². The Morgan fingerprint density at radius 1 is 1.07 bits per heavy atom. The highest BCUT2D eigenvalue weighted by molar-refractivity contribution is 8.07. The van der Waals surface area contributed by atoms with Gasteiger partial charge in [0.05, 0.1) is 25.4 Å². The van der Waals surface area contributed by atoms with Crippen molar-refractivity contribution in [1.29, 1.82) is 0 Å². The smallest absolute Gasteiger partial charge is 0.336 e. The van der Waals surface area contributed by atoms with E-state index in [0.29, 0.717) is 0 Å². The summed E-state index contributed by atoms with van der Waals surface area (Å²) < 4.78 is 75.3. The zero-order chi connectivity index (χ0) is 31.0. The molecule has 0 aliphatic carbocycles. The number of nitrogens with one attached hydrogen (secondary N) is 2. The first-order chi connectivity index (χ1) is 20.9. The molecule has 44 heavy (non-hydrogen) atoms. The number of nitrogen functional groups attached to an aromatic ring is 2. The van der Waals surface area contributed by atoms with E-state index in [-0.39, 0.29) is 47.1 Å². The van der Waals surface area contributed by atoms with E-state index in [4.69, 9.17) is 46.0 Å². The molecule has 7 N–H and O–H groups in total. The fourth-order valence-electron chi connectivity index (χ4n) is 5.29. The predicted molar refractivity (Wildman–Crippen MR) is 149 cm³/mol.